The third kappa shape index (κ3) is 3.80. The molecule has 0 aromatic heterocycles. The first kappa shape index (κ1) is 17.8. The topological polar surface area (TPSA) is 64.6 Å². The SMILES string of the molecule is COc1ccccc1CNS(=O)(=O)c1cc2c(cc1OC)CCCC2. The average Bonchev–Trinajstić information content (AvgIpc) is 2.65. The van der Waals surface area contributed by atoms with E-state index in [2.05, 4.69) is 4.72 Å². The van der Waals surface area contributed by atoms with Crippen LogP contribution in [-0.2, 0) is 29.4 Å². The molecule has 0 aliphatic heterocycles. The Bertz CT molecular complexity index is 862. The Hall–Kier alpha value is -2.05. The molecule has 6 heteroatoms. The van der Waals surface area contributed by atoms with E-state index < -0.39 is 10.0 Å². The quantitative estimate of drug-likeness (QED) is 0.859. The Kier molecular flexibility index (Phi) is 5.30. The highest BCUT2D eigenvalue weighted by molar-refractivity contribution is 7.89. The molecule has 2 aromatic carbocycles. The molecule has 134 valence electrons. The predicted molar refractivity (Wildman–Crippen MR) is 96.7 cm³/mol. The van der Waals surface area contributed by atoms with E-state index in [0.717, 1.165) is 36.8 Å². The third-order valence-corrected chi connectivity index (χ3v) is 5.99. The van der Waals surface area contributed by atoms with Crippen molar-refractivity contribution in [1.29, 1.82) is 0 Å². The lowest BCUT2D eigenvalue weighted by molar-refractivity contribution is 0.400. The van der Waals surface area contributed by atoms with Gasteiger partial charge in [0.2, 0.25) is 10.0 Å². The number of hydrogen-bond acceptors (Lipinski definition) is 4. The summed E-state index contributed by atoms with van der Waals surface area (Å²) in [5, 5.41) is 0. The Morgan fingerprint density at radius 2 is 1.60 bits per heavy atom. The van der Waals surface area contributed by atoms with Gasteiger partial charge in [-0.25, -0.2) is 13.1 Å². The zero-order chi connectivity index (χ0) is 17.9. The number of methoxy groups -OCH3 is 2. The highest BCUT2D eigenvalue weighted by Gasteiger charge is 2.23. The standard InChI is InChI=1S/C19H23NO4S/c1-23-17-10-6-5-9-16(17)13-20-25(21,22)19-12-15-8-4-3-7-14(15)11-18(19)24-2/h5-6,9-12,20H,3-4,7-8,13H2,1-2H3. The third-order valence-electron chi connectivity index (χ3n) is 4.56. The van der Waals surface area contributed by atoms with E-state index in [4.69, 9.17) is 9.47 Å². The smallest absolute Gasteiger partial charge is 0.244 e. The van der Waals surface area contributed by atoms with Crippen molar-refractivity contribution in [3.05, 3.63) is 53.1 Å². The lowest BCUT2D eigenvalue weighted by atomic mass is 9.92. The Balaban J connectivity index is 1.89. The van der Waals surface area contributed by atoms with E-state index in [1.165, 1.54) is 12.7 Å². The van der Waals surface area contributed by atoms with Crippen LogP contribution in [0.2, 0.25) is 0 Å². The fraction of sp³-hybridized carbons (Fsp3) is 0.368. The molecule has 0 radical (unpaired) electrons. The second-order valence-corrected chi connectivity index (χ2v) is 7.85. The first-order chi connectivity index (χ1) is 12.0. The largest absolute Gasteiger partial charge is 0.496 e. The van der Waals surface area contributed by atoms with Gasteiger partial charge in [0.15, 0.2) is 0 Å². The lowest BCUT2D eigenvalue weighted by Gasteiger charge is -2.19. The summed E-state index contributed by atoms with van der Waals surface area (Å²) in [6.07, 6.45) is 4.11. The van der Waals surface area contributed by atoms with Crippen molar-refractivity contribution in [2.75, 3.05) is 14.2 Å². The molecule has 0 bridgehead atoms. The molecule has 0 spiro atoms. The molecule has 0 atom stereocenters. The average molecular weight is 361 g/mol. The van der Waals surface area contributed by atoms with Crippen LogP contribution in [0.4, 0.5) is 0 Å². The summed E-state index contributed by atoms with van der Waals surface area (Å²) >= 11 is 0. The van der Waals surface area contributed by atoms with Gasteiger partial charge in [-0.1, -0.05) is 18.2 Å². The van der Waals surface area contributed by atoms with Crippen LogP contribution in [0.3, 0.4) is 0 Å². The molecule has 1 aliphatic carbocycles. The number of rotatable bonds is 6. The van der Waals surface area contributed by atoms with Gasteiger partial charge < -0.3 is 9.47 Å². The molecule has 0 saturated carbocycles. The zero-order valence-electron chi connectivity index (χ0n) is 14.5. The molecule has 0 amide bonds. The summed E-state index contributed by atoms with van der Waals surface area (Å²) in [7, 11) is -0.617. The van der Waals surface area contributed by atoms with Gasteiger partial charge in [0.05, 0.1) is 14.2 Å². The van der Waals surface area contributed by atoms with Crippen molar-refractivity contribution in [2.45, 2.75) is 37.1 Å². The number of nitrogens with one attached hydrogen (secondary N) is 1. The van der Waals surface area contributed by atoms with Crippen LogP contribution < -0.4 is 14.2 Å². The maximum Gasteiger partial charge on any atom is 0.244 e. The zero-order valence-corrected chi connectivity index (χ0v) is 15.4. The van der Waals surface area contributed by atoms with Crippen molar-refractivity contribution in [3.63, 3.8) is 0 Å². The molecule has 0 saturated heterocycles. The van der Waals surface area contributed by atoms with E-state index in [0.29, 0.717) is 11.5 Å². The first-order valence-corrected chi connectivity index (χ1v) is 9.85. The van der Waals surface area contributed by atoms with Crippen molar-refractivity contribution in [3.8, 4) is 11.5 Å². The molecule has 25 heavy (non-hydrogen) atoms. The maximum absolute atomic E-state index is 12.8. The van der Waals surface area contributed by atoms with Crippen LogP contribution in [-0.4, -0.2) is 22.6 Å². The van der Waals surface area contributed by atoms with E-state index in [-0.39, 0.29) is 11.4 Å². The molecule has 0 heterocycles. The number of aryl methyl sites for hydroxylation is 2. The number of ether oxygens (including phenoxy) is 2. The van der Waals surface area contributed by atoms with E-state index in [1.54, 1.807) is 13.2 Å². The van der Waals surface area contributed by atoms with Crippen molar-refractivity contribution in [1.82, 2.24) is 4.72 Å². The Labute approximate surface area is 149 Å². The number of fused-ring (bicyclic) bond motifs is 1. The molecule has 2 aromatic rings. The minimum atomic E-state index is -3.69. The summed E-state index contributed by atoms with van der Waals surface area (Å²) in [6.45, 7) is 0.159. The molecular weight excluding hydrogens is 338 g/mol. The van der Waals surface area contributed by atoms with Crippen LogP contribution in [0.1, 0.15) is 29.5 Å². The second kappa shape index (κ2) is 7.45. The van der Waals surface area contributed by atoms with Gasteiger partial charge in [0.1, 0.15) is 16.4 Å². The van der Waals surface area contributed by atoms with Gasteiger partial charge in [0, 0.05) is 12.1 Å². The lowest BCUT2D eigenvalue weighted by Crippen LogP contribution is -2.24. The molecule has 0 unspecified atom stereocenters. The summed E-state index contributed by atoms with van der Waals surface area (Å²) in [6, 6.07) is 11.0. The summed E-state index contributed by atoms with van der Waals surface area (Å²) in [4.78, 5) is 0.200. The van der Waals surface area contributed by atoms with Gasteiger partial charge >= 0.3 is 0 Å². The van der Waals surface area contributed by atoms with Crippen molar-refractivity contribution >= 4 is 10.0 Å². The number of hydrogen-bond donors (Lipinski definition) is 1. The van der Waals surface area contributed by atoms with Crippen LogP contribution in [0.15, 0.2) is 41.3 Å². The summed E-state index contributed by atoms with van der Waals surface area (Å²) < 4.78 is 39.0. The molecule has 3 rings (SSSR count). The molecule has 1 aliphatic rings. The fourth-order valence-corrected chi connectivity index (χ4v) is 4.42. The molecular formula is C19H23NO4S. The molecule has 5 nitrogen and oxygen atoms in total. The van der Waals surface area contributed by atoms with E-state index >= 15 is 0 Å². The Morgan fingerprint density at radius 1 is 0.960 bits per heavy atom. The maximum atomic E-state index is 12.8. The van der Waals surface area contributed by atoms with E-state index in [9.17, 15) is 8.42 Å². The van der Waals surface area contributed by atoms with Crippen LogP contribution in [0.25, 0.3) is 0 Å². The van der Waals surface area contributed by atoms with Crippen molar-refractivity contribution < 1.29 is 17.9 Å². The highest BCUT2D eigenvalue weighted by atomic mass is 32.2. The van der Waals surface area contributed by atoms with Crippen molar-refractivity contribution in [2.24, 2.45) is 0 Å². The van der Waals surface area contributed by atoms with Crippen LogP contribution in [0.5, 0.6) is 11.5 Å². The summed E-state index contributed by atoms with van der Waals surface area (Å²) in [5.74, 6) is 1.05. The predicted octanol–water partition coefficient (Wildman–Crippen LogP) is 3.06. The Morgan fingerprint density at radius 3 is 2.28 bits per heavy atom. The monoisotopic (exact) mass is 361 g/mol. The first-order valence-electron chi connectivity index (χ1n) is 8.36. The number of para-hydroxylation sites is 1. The van der Waals surface area contributed by atoms with Gasteiger partial charge in [0.25, 0.3) is 0 Å². The molecule has 1 N–H and O–H groups in total. The number of benzene rings is 2. The van der Waals surface area contributed by atoms with Gasteiger partial charge in [-0.3, -0.25) is 0 Å². The van der Waals surface area contributed by atoms with Gasteiger partial charge in [-0.05, 0) is 55.0 Å². The van der Waals surface area contributed by atoms with Gasteiger partial charge in [-0.2, -0.15) is 0 Å². The normalized spacial score (nSPS) is 14.0. The van der Waals surface area contributed by atoms with Gasteiger partial charge in [-0.15, -0.1) is 0 Å². The van der Waals surface area contributed by atoms with E-state index in [1.807, 2.05) is 30.3 Å². The summed E-state index contributed by atoms with van der Waals surface area (Å²) in [5.41, 5.74) is 3.07. The second-order valence-electron chi connectivity index (χ2n) is 6.12. The highest BCUT2D eigenvalue weighted by Crippen LogP contribution is 2.32. The molecule has 0 fully saturated rings. The van der Waals surface area contributed by atoms with Crippen LogP contribution in [0, 0.1) is 0 Å². The number of sulfonamides is 1. The fourth-order valence-electron chi connectivity index (χ4n) is 3.21. The minimum absolute atomic E-state index is 0.159. The van der Waals surface area contributed by atoms with Crippen LogP contribution >= 0.6 is 0 Å². The minimum Gasteiger partial charge on any atom is -0.496 e.